The molecule has 2 N–H and O–H groups in total. The molecule has 0 saturated heterocycles. The summed E-state index contributed by atoms with van der Waals surface area (Å²) in [6, 6.07) is 0. The van der Waals surface area contributed by atoms with E-state index in [9.17, 15) is 0 Å². The van der Waals surface area contributed by atoms with E-state index in [1.165, 1.54) is 38.5 Å². The zero-order valence-electron chi connectivity index (χ0n) is 12.8. The Hall–Kier alpha value is -0.900. The van der Waals surface area contributed by atoms with Gasteiger partial charge in [-0.3, -0.25) is 0 Å². The number of hydrogen-bond donors (Lipinski definition) is 1. The molecule has 4 bridgehead atoms. The van der Waals surface area contributed by atoms with Crippen LogP contribution in [0.3, 0.4) is 0 Å². The molecule has 4 heteroatoms. The predicted molar refractivity (Wildman–Crippen MR) is 80.5 cm³/mol. The van der Waals surface area contributed by atoms with E-state index in [1.54, 1.807) is 0 Å². The second kappa shape index (κ2) is 5.38. The third-order valence-corrected chi connectivity index (χ3v) is 5.93. The zero-order valence-corrected chi connectivity index (χ0v) is 12.8. The van der Waals surface area contributed by atoms with Gasteiger partial charge in [0, 0.05) is 5.41 Å². The van der Waals surface area contributed by atoms with Gasteiger partial charge in [-0.1, -0.05) is 11.6 Å². The first-order valence-electron chi connectivity index (χ1n) is 8.65. The van der Waals surface area contributed by atoms with Crippen LogP contribution in [0.1, 0.15) is 69.5 Å². The van der Waals surface area contributed by atoms with Crippen molar-refractivity contribution in [2.45, 2.75) is 63.2 Å². The highest BCUT2D eigenvalue weighted by molar-refractivity contribution is 5.17. The van der Waals surface area contributed by atoms with Crippen LogP contribution in [0.4, 0.5) is 0 Å². The van der Waals surface area contributed by atoms with Crippen molar-refractivity contribution >= 4 is 0 Å². The van der Waals surface area contributed by atoms with E-state index in [0.29, 0.717) is 0 Å². The Morgan fingerprint density at radius 1 is 1.10 bits per heavy atom. The number of hydrogen-bond acceptors (Lipinski definition) is 4. The van der Waals surface area contributed by atoms with Gasteiger partial charge in [0.05, 0.1) is 6.42 Å². The van der Waals surface area contributed by atoms with Crippen molar-refractivity contribution in [2.75, 3.05) is 6.54 Å². The maximum absolute atomic E-state index is 5.52. The summed E-state index contributed by atoms with van der Waals surface area (Å²) in [5.74, 6) is 4.50. The molecule has 0 atom stereocenters. The molecular formula is C17H26N3O. The summed E-state index contributed by atoms with van der Waals surface area (Å²) in [5.41, 5.74) is 5.77. The second-order valence-electron chi connectivity index (χ2n) is 7.64. The molecule has 21 heavy (non-hydrogen) atoms. The third kappa shape index (κ3) is 2.52. The van der Waals surface area contributed by atoms with Gasteiger partial charge in [0.2, 0.25) is 5.89 Å². The molecule has 115 valence electrons. The zero-order chi connectivity index (χ0) is 14.3. The summed E-state index contributed by atoms with van der Waals surface area (Å²) in [4.78, 5) is 4.73. The first-order chi connectivity index (χ1) is 10.3. The summed E-state index contributed by atoms with van der Waals surface area (Å²) >= 11 is 0. The van der Waals surface area contributed by atoms with Gasteiger partial charge in [-0.2, -0.15) is 4.98 Å². The Morgan fingerprint density at radius 3 is 2.38 bits per heavy atom. The Bertz CT molecular complexity index is 461. The number of aromatic nitrogens is 2. The van der Waals surface area contributed by atoms with E-state index in [0.717, 1.165) is 55.3 Å². The molecule has 4 fully saturated rings. The number of nitrogens with two attached hydrogens (primary N) is 1. The van der Waals surface area contributed by atoms with Crippen LogP contribution < -0.4 is 5.73 Å². The average Bonchev–Trinajstić information content (AvgIpc) is 2.92. The molecule has 1 heterocycles. The van der Waals surface area contributed by atoms with E-state index >= 15 is 0 Å². The lowest BCUT2D eigenvalue weighted by Crippen LogP contribution is -2.49. The van der Waals surface area contributed by atoms with Crippen LogP contribution in [0.2, 0.25) is 0 Å². The van der Waals surface area contributed by atoms with Crippen LogP contribution in [0, 0.1) is 24.2 Å². The molecule has 4 aliphatic carbocycles. The van der Waals surface area contributed by atoms with E-state index < -0.39 is 0 Å². The second-order valence-corrected chi connectivity index (χ2v) is 7.64. The Labute approximate surface area is 126 Å². The molecule has 0 spiro atoms. The molecule has 1 radical (unpaired) electrons. The van der Waals surface area contributed by atoms with Crippen LogP contribution in [-0.4, -0.2) is 16.7 Å². The van der Waals surface area contributed by atoms with Gasteiger partial charge < -0.3 is 10.3 Å². The van der Waals surface area contributed by atoms with Crippen molar-refractivity contribution in [1.29, 1.82) is 0 Å². The highest BCUT2D eigenvalue weighted by Crippen LogP contribution is 2.60. The molecule has 0 aromatic carbocycles. The van der Waals surface area contributed by atoms with E-state index in [4.69, 9.17) is 15.2 Å². The average molecular weight is 288 g/mol. The van der Waals surface area contributed by atoms with Crippen LogP contribution in [0.15, 0.2) is 4.52 Å². The number of rotatable bonds is 6. The topological polar surface area (TPSA) is 64.9 Å². The number of nitrogens with zero attached hydrogens (tertiary/aromatic N) is 2. The van der Waals surface area contributed by atoms with Gasteiger partial charge >= 0.3 is 0 Å². The van der Waals surface area contributed by atoms with Crippen LogP contribution in [-0.2, 0) is 5.41 Å². The lowest BCUT2D eigenvalue weighted by Gasteiger charge is -2.55. The van der Waals surface area contributed by atoms with Crippen molar-refractivity contribution in [2.24, 2.45) is 23.5 Å². The lowest BCUT2D eigenvalue weighted by molar-refractivity contribution is -0.0103. The summed E-state index contributed by atoms with van der Waals surface area (Å²) in [7, 11) is 0. The van der Waals surface area contributed by atoms with Crippen LogP contribution in [0.5, 0.6) is 0 Å². The maximum Gasteiger partial charge on any atom is 0.230 e. The van der Waals surface area contributed by atoms with Crippen LogP contribution in [0.25, 0.3) is 0 Å². The van der Waals surface area contributed by atoms with Gasteiger partial charge in [-0.05, 0) is 75.7 Å². The third-order valence-electron chi connectivity index (χ3n) is 5.93. The fourth-order valence-electron chi connectivity index (χ4n) is 5.43. The fraction of sp³-hybridized carbons (Fsp3) is 0.824. The van der Waals surface area contributed by atoms with Gasteiger partial charge in [-0.25, -0.2) is 0 Å². The quantitative estimate of drug-likeness (QED) is 0.816. The predicted octanol–water partition coefficient (Wildman–Crippen LogP) is 3.22. The summed E-state index contributed by atoms with van der Waals surface area (Å²) in [5, 5.41) is 4.36. The molecule has 0 unspecified atom stereocenters. The molecule has 0 amide bonds. The molecule has 4 aliphatic rings. The molecule has 0 aliphatic heterocycles. The first kappa shape index (κ1) is 13.7. The fourth-order valence-corrected chi connectivity index (χ4v) is 5.43. The molecule has 4 nitrogen and oxygen atoms in total. The minimum Gasteiger partial charge on any atom is -0.339 e. The molecule has 1 aromatic rings. The largest absolute Gasteiger partial charge is 0.339 e. The Kier molecular flexibility index (Phi) is 3.52. The first-order valence-corrected chi connectivity index (χ1v) is 8.65. The van der Waals surface area contributed by atoms with Gasteiger partial charge in [0.25, 0.3) is 0 Å². The molecular weight excluding hydrogens is 262 g/mol. The summed E-state index contributed by atoms with van der Waals surface area (Å²) in [6.45, 7) is 0.760. The lowest BCUT2D eigenvalue weighted by atomic mass is 9.49. The summed E-state index contributed by atoms with van der Waals surface area (Å²) < 4.78 is 5.49. The normalized spacial score (nSPS) is 37.3. The van der Waals surface area contributed by atoms with Crippen molar-refractivity contribution in [1.82, 2.24) is 10.1 Å². The van der Waals surface area contributed by atoms with Crippen molar-refractivity contribution in [3.63, 3.8) is 0 Å². The van der Waals surface area contributed by atoms with Crippen molar-refractivity contribution in [3.8, 4) is 0 Å². The van der Waals surface area contributed by atoms with Gasteiger partial charge in [0.15, 0.2) is 5.82 Å². The monoisotopic (exact) mass is 288 g/mol. The molecule has 5 rings (SSSR count). The van der Waals surface area contributed by atoms with E-state index in [-0.39, 0.29) is 5.41 Å². The SMILES string of the molecule is NCCCC[CH]c1nc(C23CC4CC(CC(C4)C2)C3)no1. The van der Waals surface area contributed by atoms with Gasteiger partial charge in [0.1, 0.15) is 0 Å². The van der Waals surface area contributed by atoms with Crippen molar-refractivity contribution in [3.05, 3.63) is 18.1 Å². The summed E-state index contributed by atoms with van der Waals surface area (Å²) in [6.07, 6.45) is 13.5. The van der Waals surface area contributed by atoms with Crippen molar-refractivity contribution < 1.29 is 4.52 Å². The molecule has 1 aromatic heterocycles. The standard InChI is InChI=1S/C17H26N3O/c18-5-3-1-2-4-15-19-16(20-21-15)17-9-12-6-13(10-17)8-14(7-12)11-17/h4,12-14H,1-3,5-11,18H2. The minimum atomic E-state index is 0.252. The Balaban J connectivity index is 1.45. The Morgan fingerprint density at radius 2 is 1.76 bits per heavy atom. The van der Waals surface area contributed by atoms with E-state index in [2.05, 4.69) is 11.6 Å². The van der Waals surface area contributed by atoms with Gasteiger partial charge in [-0.15, -0.1) is 0 Å². The smallest absolute Gasteiger partial charge is 0.230 e. The molecule has 4 saturated carbocycles. The minimum absolute atomic E-state index is 0.252. The highest BCUT2D eigenvalue weighted by atomic mass is 16.5. The van der Waals surface area contributed by atoms with Crippen LogP contribution >= 0.6 is 0 Å². The highest BCUT2D eigenvalue weighted by Gasteiger charge is 2.53. The number of unbranched alkanes of at least 4 members (excludes halogenated alkanes) is 2. The van der Waals surface area contributed by atoms with E-state index in [1.807, 2.05) is 0 Å². The maximum atomic E-state index is 5.52.